The molecule has 0 atom stereocenters. The Morgan fingerprint density at radius 1 is 0.933 bits per heavy atom. The Bertz CT molecular complexity index is 147. The zero-order valence-corrected chi connectivity index (χ0v) is 13.8. The molecule has 0 saturated heterocycles. The Kier molecular flexibility index (Phi) is 8.58. The summed E-state index contributed by atoms with van der Waals surface area (Å²) in [5, 5.41) is 0. The normalized spacial score (nSPS) is 14.0. The Morgan fingerprint density at radius 2 is 1.40 bits per heavy atom. The quantitative estimate of drug-likeness (QED) is 0.394. The highest BCUT2D eigenvalue weighted by Crippen LogP contribution is 1.99. The van der Waals surface area contributed by atoms with Crippen LogP contribution in [-0.4, -0.2) is 83.0 Å². The van der Waals surface area contributed by atoms with Crippen LogP contribution in [0.3, 0.4) is 0 Å². The summed E-state index contributed by atoms with van der Waals surface area (Å²) in [6.07, 6.45) is 0. The van der Waals surface area contributed by atoms with Gasteiger partial charge in [-0.05, 0) is 28.2 Å². The van der Waals surface area contributed by atoms with Gasteiger partial charge >= 0.3 is 0 Å². The predicted molar refractivity (Wildman–Crippen MR) is 70.9 cm³/mol. The van der Waals surface area contributed by atoms with Gasteiger partial charge in [0, 0.05) is 20.0 Å². The maximum absolute atomic E-state index is 5.24. The molecule has 0 aliphatic rings. The summed E-state index contributed by atoms with van der Waals surface area (Å²) in [7, 11) is 11.8. The highest BCUT2D eigenvalue weighted by molar-refractivity contribution is 6.57. The van der Waals surface area contributed by atoms with E-state index in [0.29, 0.717) is 5.79 Å². The molecular weight excluding hydrogens is 224 g/mol. The Balaban J connectivity index is 3.80. The van der Waals surface area contributed by atoms with Crippen LogP contribution in [0.4, 0.5) is 0 Å². The van der Waals surface area contributed by atoms with E-state index in [0.717, 1.165) is 0 Å². The van der Waals surface area contributed by atoms with Gasteiger partial charge in [-0.3, -0.25) is 9.80 Å². The second kappa shape index (κ2) is 8.43. The first-order valence-electron chi connectivity index (χ1n) is 5.41. The molecule has 15 heavy (non-hydrogen) atoms. The Morgan fingerprint density at radius 3 is 1.73 bits per heavy atom. The van der Waals surface area contributed by atoms with E-state index >= 15 is 0 Å². The van der Waals surface area contributed by atoms with Gasteiger partial charge in [0.2, 0.25) is 0 Å². The minimum absolute atomic E-state index is 0.0775. The fourth-order valence-corrected chi connectivity index (χ4v) is 7.02. The van der Waals surface area contributed by atoms with E-state index < -0.39 is 0 Å². The van der Waals surface area contributed by atoms with Gasteiger partial charge in [0.1, 0.15) is 5.91 Å². The molecule has 0 radical (unpaired) electrons. The van der Waals surface area contributed by atoms with Crippen molar-refractivity contribution >= 4 is 19.0 Å². The first kappa shape index (κ1) is 15.3. The molecule has 0 N–H and O–H groups in total. The molecule has 92 valence electrons. The van der Waals surface area contributed by atoms with Crippen molar-refractivity contribution in [2.45, 2.75) is 17.4 Å². The molecule has 0 aliphatic heterocycles. The van der Waals surface area contributed by atoms with Crippen LogP contribution in [-0.2, 0) is 9.47 Å². The van der Waals surface area contributed by atoms with Crippen LogP contribution in [0.25, 0.3) is 0 Å². The van der Waals surface area contributed by atoms with Crippen molar-refractivity contribution in [1.82, 2.24) is 9.80 Å². The third kappa shape index (κ3) is 6.44. The summed E-state index contributed by atoms with van der Waals surface area (Å²) < 4.78 is 10.5. The van der Waals surface area contributed by atoms with Gasteiger partial charge < -0.3 is 9.47 Å². The summed E-state index contributed by atoms with van der Waals surface area (Å²) in [6, 6.07) is 0. The van der Waals surface area contributed by atoms with Crippen molar-refractivity contribution in [2.75, 3.05) is 42.4 Å². The number of hydrogen-bond acceptors (Lipinski definition) is 4. The Hall–Kier alpha value is 0.274. The predicted octanol–water partition coefficient (Wildman–Crippen LogP) is -1.32. The molecule has 0 amide bonds. The minimum Gasteiger partial charge on any atom is -0.360 e. The van der Waals surface area contributed by atoms with E-state index in [-0.39, 0.29) is 25.0 Å². The number of rotatable bonds is 8. The van der Waals surface area contributed by atoms with E-state index in [4.69, 9.17) is 9.47 Å². The molecule has 6 heteroatoms. The van der Waals surface area contributed by atoms with E-state index in [9.17, 15) is 0 Å². The summed E-state index contributed by atoms with van der Waals surface area (Å²) in [5.41, 5.74) is 1.38. The van der Waals surface area contributed by atoms with Crippen molar-refractivity contribution in [3.05, 3.63) is 0 Å². The third-order valence-electron chi connectivity index (χ3n) is 2.62. The molecule has 0 spiro atoms. The third-order valence-corrected chi connectivity index (χ3v) is 9.00. The van der Waals surface area contributed by atoms with Gasteiger partial charge in [-0.1, -0.05) is 5.67 Å². The summed E-state index contributed by atoms with van der Waals surface area (Å²) in [6.45, 7) is 0. The molecule has 0 unspecified atom stereocenters. The van der Waals surface area contributed by atoms with Crippen LogP contribution >= 0.6 is 0 Å². The monoisotopic (exact) mass is 250 g/mol. The van der Waals surface area contributed by atoms with Gasteiger partial charge in [0.05, 0.1) is 19.0 Å². The van der Waals surface area contributed by atoms with Crippen LogP contribution in [0.2, 0.25) is 5.67 Å². The summed E-state index contributed by atoms with van der Waals surface area (Å²) in [5.74, 6) is 0.773. The molecule has 0 aromatic heterocycles. The first-order valence-corrected chi connectivity index (χ1v) is 9.04. The highest BCUT2D eigenvalue weighted by Gasteiger charge is 2.15. The van der Waals surface area contributed by atoms with Crippen molar-refractivity contribution < 1.29 is 9.47 Å². The number of ether oxygens (including phenoxy) is 2. The van der Waals surface area contributed by atoms with Crippen molar-refractivity contribution in [1.29, 1.82) is 0 Å². The molecule has 0 fully saturated rings. The van der Waals surface area contributed by atoms with Gasteiger partial charge in [-0.2, -0.15) is 0 Å². The minimum atomic E-state index is -0.218. The lowest BCUT2D eigenvalue weighted by atomic mass is 10.8. The average molecular weight is 250 g/mol. The van der Waals surface area contributed by atoms with Gasteiger partial charge in [-0.15, -0.1) is 0 Å². The second-order valence-corrected chi connectivity index (χ2v) is 9.62. The molecule has 0 heterocycles. The summed E-state index contributed by atoms with van der Waals surface area (Å²) in [4.78, 5) is 4.63. The lowest BCUT2D eigenvalue weighted by molar-refractivity contribution is -0.0437. The molecule has 0 aromatic rings. The zero-order valence-electron chi connectivity index (χ0n) is 11.0. The second-order valence-electron chi connectivity index (χ2n) is 4.24. The van der Waals surface area contributed by atoms with E-state index in [1.54, 1.807) is 14.2 Å². The number of nitrogens with zero attached hydrogens (tertiary/aromatic N) is 2. The largest absolute Gasteiger partial charge is 0.360 e. The smallest absolute Gasteiger partial charge is 0.133 e. The van der Waals surface area contributed by atoms with Gasteiger partial charge in [0.25, 0.3) is 0 Å². The molecular formula is C9H26N2O2Si2. The van der Waals surface area contributed by atoms with Crippen molar-refractivity contribution in [3.8, 4) is 0 Å². The van der Waals surface area contributed by atoms with Crippen LogP contribution < -0.4 is 0 Å². The fraction of sp³-hybridized carbons (Fsp3) is 1.00. The van der Waals surface area contributed by atoms with Gasteiger partial charge in [0.15, 0.2) is 0 Å². The lowest BCUT2D eigenvalue weighted by Crippen LogP contribution is -2.45. The Labute approximate surface area is 98.6 Å². The van der Waals surface area contributed by atoms with E-state index in [1.165, 1.54) is 5.67 Å². The maximum Gasteiger partial charge on any atom is 0.133 e. The fourth-order valence-electron chi connectivity index (χ4n) is 1.78. The molecule has 0 bridgehead atoms. The lowest BCUT2D eigenvalue weighted by Gasteiger charge is -2.30. The summed E-state index contributed by atoms with van der Waals surface area (Å²) >= 11 is 0. The van der Waals surface area contributed by atoms with Crippen LogP contribution in [0.15, 0.2) is 0 Å². The molecule has 0 saturated carbocycles. The van der Waals surface area contributed by atoms with Crippen LogP contribution in [0.1, 0.15) is 0 Å². The molecule has 0 aromatic carbocycles. The topological polar surface area (TPSA) is 24.9 Å². The van der Waals surface area contributed by atoms with E-state index in [1.807, 2.05) is 0 Å². The standard InChI is InChI=1S/C9H26N2O2Si2/c1-10(2)8(11(3)4)14-7-15-9(12-5)13-6/h8-9H,7,14-15H2,1-6H3. The number of hydrogen-bond donors (Lipinski definition) is 0. The molecule has 0 rings (SSSR count). The van der Waals surface area contributed by atoms with Crippen molar-refractivity contribution in [3.63, 3.8) is 0 Å². The molecule has 4 nitrogen and oxygen atoms in total. The first-order chi connectivity index (χ1) is 7.02. The number of methoxy groups -OCH3 is 2. The SMILES string of the molecule is COC(OC)[SiH2]C[SiH2]C(N(C)C)N(C)C. The average Bonchev–Trinajstić information content (AvgIpc) is 2.17. The van der Waals surface area contributed by atoms with Crippen molar-refractivity contribution in [2.24, 2.45) is 0 Å². The van der Waals surface area contributed by atoms with Crippen LogP contribution in [0, 0.1) is 0 Å². The highest BCUT2D eigenvalue weighted by atomic mass is 28.3. The maximum atomic E-state index is 5.24. The van der Waals surface area contributed by atoms with Crippen LogP contribution in [0.5, 0.6) is 0 Å². The zero-order chi connectivity index (χ0) is 11.8. The molecule has 0 aliphatic carbocycles. The van der Waals surface area contributed by atoms with E-state index in [2.05, 4.69) is 38.0 Å². The van der Waals surface area contributed by atoms with Gasteiger partial charge in [-0.25, -0.2) is 0 Å².